The maximum absolute atomic E-state index is 12.8. The molecule has 3 aromatic carbocycles. The third-order valence-electron chi connectivity index (χ3n) is 3.91. The topological polar surface area (TPSA) is 65.7 Å². The van der Waals surface area contributed by atoms with Gasteiger partial charge in [0.2, 0.25) is 0 Å². The van der Waals surface area contributed by atoms with E-state index >= 15 is 0 Å². The molecular formula is C20H14N2O2S2. The molecule has 0 aliphatic heterocycles. The van der Waals surface area contributed by atoms with Crippen LogP contribution in [-0.2, 0) is 0 Å². The van der Waals surface area contributed by atoms with Gasteiger partial charge in [0.05, 0.1) is 31.2 Å². The minimum absolute atomic E-state index is 0.204. The van der Waals surface area contributed by atoms with Gasteiger partial charge in [-0.05, 0) is 36.4 Å². The Balaban J connectivity index is 2.34. The van der Waals surface area contributed by atoms with E-state index in [1.165, 1.54) is 20.7 Å². The fourth-order valence-corrected chi connectivity index (χ4v) is 4.98. The molecule has 0 spiro atoms. The molecule has 128 valence electrons. The Morgan fingerprint density at radius 1 is 0.538 bits per heavy atom. The van der Waals surface area contributed by atoms with Crippen LogP contribution in [0, 0.1) is 0 Å². The third kappa shape index (κ3) is 3.24. The quantitative estimate of drug-likeness (QED) is 0.428. The summed E-state index contributed by atoms with van der Waals surface area (Å²) < 4.78 is 1.70. The average molecular weight is 378 g/mol. The zero-order chi connectivity index (χ0) is 17.9. The molecule has 4 aromatic rings. The minimum Gasteiger partial charge on any atom is -0.320 e. The lowest BCUT2D eigenvalue weighted by atomic mass is 10.3. The van der Waals surface area contributed by atoms with Crippen LogP contribution in [0.5, 0.6) is 0 Å². The second-order valence-electron chi connectivity index (χ2n) is 5.61. The van der Waals surface area contributed by atoms with Crippen molar-refractivity contribution in [2.75, 3.05) is 0 Å². The maximum atomic E-state index is 12.8. The minimum atomic E-state index is -0.204. The van der Waals surface area contributed by atoms with Gasteiger partial charge in [0, 0.05) is 0 Å². The Hall–Kier alpha value is -2.96. The van der Waals surface area contributed by atoms with Crippen LogP contribution in [0.15, 0.2) is 82.4 Å². The van der Waals surface area contributed by atoms with Crippen LogP contribution in [0.3, 0.4) is 0 Å². The van der Waals surface area contributed by atoms with Gasteiger partial charge in [-0.3, -0.25) is 9.59 Å². The molecule has 0 radical (unpaired) electrons. The van der Waals surface area contributed by atoms with E-state index in [4.69, 9.17) is 0 Å². The monoisotopic (exact) mass is 378 g/mol. The number of para-hydroxylation sites is 2. The van der Waals surface area contributed by atoms with Crippen molar-refractivity contribution in [3.8, 4) is 0 Å². The predicted octanol–water partition coefficient (Wildman–Crippen LogP) is 4.89. The SMILES string of the molecule is O=c1[nH]c2ccccc2[nH]c(=O)c2ccccc2ssc2ccccc12. The Morgan fingerprint density at radius 2 is 0.923 bits per heavy atom. The highest BCUT2D eigenvalue weighted by Crippen LogP contribution is 2.21. The van der Waals surface area contributed by atoms with Crippen LogP contribution in [0.2, 0.25) is 0 Å². The number of hydrogen-bond donors (Lipinski definition) is 2. The first-order valence-corrected chi connectivity index (χ1v) is 10.1. The second kappa shape index (κ2) is 7.11. The lowest BCUT2D eigenvalue weighted by molar-refractivity contribution is 1.31. The van der Waals surface area contributed by atoms with Crippen molar-refractivity contribution in [1.29, 1.82) is 0 Å². The summed E-state index contributed by atoms with van der Waals surface area (Å²) in [4.78, 5) is 31.3. The van der Waals surface area contributed by atoms with Gasteiger partial charge in [-0.25, -0.2) is 0 Å². The van der Waals surface area contributed by atoms with E-state index in [1.807, 2.05) is 48.5 Å². The number of hydrogen-bond acceptors (Lipinski definition) is 4. The highest BCUT2D eigenvalue weighted by molar-refractivity contribution is 7.73. The number of nitrogens with one attached hydrogen (secondary N) is 2. The molecular weight excluding hydrogens is 364 g/mol. The average Bonchev–Trinajstić information content (AvgIpc) is 2.67. The molecule has 1 aromatic heterocycles. The van der Waals surface area contributed by atoms with E-state index in [9.17, 15) is 9.59 Å². The molecule has 6 heteroatoms. The van der Waals surface area contributed by atoms with Crippen LogP contribution in [0.25, 0.3) is 31.2 Å². The first-order valence-electron chi connectivity index (χ1n) is 7.97. The number of rotatable bonds is 0. The Morgan fingerprint density at radius 3 is 1.38 bits per heavy atom. The summed E-state index contributed by atoms with van der Waals surface area (Å²) in [5.74, 6) is 0. The van der Waals surface area contributed by atoms with E-state index in [1.54, 1.807) is 24.3 Å². The number of fused-ring (bicyclic) bond motifs is 3. The van der Waals surface area contributed by atoms with Crippen molar-refractivity contribution in [2.45, 2.75) is 0 Å². The van der Waals surface area contributed by atoms with E-state index in [0.29, 0.717) is 21.8 Å². The number of aromatic amines is 2. The van der Waals surface area contributed by atoms with Gasteiger partial charge < -0.3 is 9.97 Å². The van der Waals surface area contributed by atoms with Crippen molar-refractivity contribution in [2.24, 2.45) is 0 Å². The molecule has 0 amide bonds. The Bertz CT molecular complexity index is 1240. The summed E-state index contributed by atoms with van der Waals surface area (Å²) in [5.41, 5.74) is 0.723. The number of aromatic nitrogens is 2. The fourth-order valence-electron chi connectivity index (χ4n) is 2.62. The molecule has 0 saturated carbocycles. The van der Waals surface area contributed by atoms with Gasteiger partial charge >= 0.3 is 0 Å². The summed E-state index contributed by atoms with van der Waals surface area (Å²) in [6.07, 6.45) is 0. The molecule has 0 fully saturated rings. The number of H-pyrrole nitrogens is 2. The normalized spacial score (nSPS) is 10.6. The van der Waals surface area contributed by atoms with Crippen molar-refractivity contribution in [1.82, 2.24) is 9.97 Å². The van der Waals surface area contributed by atoms with Gasteiger partial charge in [-0.2, -0.15) is 0 Å². The van der Waals surface area contributed by atoms with Crippen LogP contribution in [0.4, 0.5) is 0 Å². The van der Waals surface area contributed by atoms with Gasteiger partial charge in [0.25, 0.3) is 11.1 Å². The lowest BCUT2D eigenvalue weighted by Crippen LogP contribution is -2.05. The van der Waals surface area contributed by atoms with Crippen molar-refractivity contribution < 1.29 is 0 Å². The zero-order valence-corrected chi connectivity index (χ0v) is 15.2. The van der Waals surface area contributed by atoms with Crippen LogP contribution in [-0.4, -0.2) is 9.97 Å². The highest BCUT2D eigenvalue weighted by atomic mass is 32.9. The summed E-state index contributed by atoms with van der Waals surface area (Å²) in [6, 6.07) is 22.1. The first kappa shape index (κ1) is 16.5. The van der Waals surface area contributed by atoms with Gasteiger partial charge in [0.1, 0.15) is 0 Å². The zero-order valence-electron chi connectivity index (χ0n) is 13.6. The molecule has 0 saturated heterocycles. The second-order valence-corrected chi connectivity index (χ2v) is 7.83. The van der Waals surface area contributed by atoms with Crippen LogP contribution < -0.4 is 11.1 Å². The molecule has 2 N–H and O–H groups in total. The maximum Gasteiger partial charge on any atom is 0.257 e. The van der Waals surface area contributed by atoms with Crippen molar-refractivity contribution in [3.63, 3.8) is 0 Å². The largest absolute Gasteiger partial charge is 0.320 e. The van der Waals surface area contributed by atoms with E-state index < -0.39 is 0 Å². The van der Waals surface area contributed by atoms with E-state index in [0.717, 1.165) is 9.40 Å². The van der Waals surface area contributed by atoms with Gasteiger partial charge in [0.15, 0.2) is 0 Å². The molecule has 0 unspecified atom stereocenters. The number of benzene rings is 3. The lowest BCUT2D eigenvalue weighted by Gasteiger charge is -1.95. The van der Waals surface area contributed by atoms with E-state index in [-0.39, 0.29) is 11.1 Å². The summed E-state index contributed by atoms with van der Waals surface area (Å²) in [7, 11) is 2.93. The molecule has 0 atom stereocenters. The molecule has 0 aliphatic rings. The van der Waals surface area contributed by atoms with Crippen LogP contribution in [0.1, 0.15) is 0 Å². The van der Waals surface area contributed by atoms with Crippen LogP contribution >= 0.6 is 20.7 Å². The van der Waals surface area contributed by atoms with E-state index in [2.05, 4.69) is 9.97 Å². The Kier molecular flexibility index (Phi) is 4.51. The molecule has 4 nitrogen and oxygen atoms in total. The van der Waals surface area contributed by atoms with Gasteiger partial charge in [-0.1, -0.05) is 57.1 Å². The molecule has 26 heavy (non-hydrogen) atoms. The summed E-state index contributed by atoms with van der Waals surface area (Å²) in [5, 5.41) is 1.20. The standard InChI is InChI=1S/C20H14N2O2S2/c23-19-13-7-1-5-11-17(13)25-26-18-12-6-2-8-14(18)20(24)22-16-10-4-3-9-15(16)21-19/h1-12H,(H,21,23)(H,22,24). The Labute approximate surface area is 155 Å². The predicted molar refractivity (Wildman–Crippen MR) is 111 cm³/mol. The summed E-state index contributed by atoms with van der Waals surface area (Å²) >= 11 is 0. The highest BCUT2D eigenvalue weighted by Gasteiger charge is 1.98. The van der Waals surface area contributed by atoms with Gasteiger partial charge in [-0.15, -0.1) is 0 Å². The molecule has 0 bridgehead atoms. The smallest absolute Gasteiger partial charge is 0.257 e. The molecule has 4 rings (SSSR count). The first-order chi connectivity index (χ1) is 12.7. The van der Waals surface area contributed by atoms with Crippen molar-refractivity contribution in [3.05, 3.63) is 93.5 Å². The molecule has 1 heterocycles. The third-order valence-corrected chi connectivity index (χ3v) is 6.39. The summed E-state index contributed by atoms with van der Waals surface area (Å²) in [6.45, 7) is 0. The fraction of sp³-hybridized carbons (Fsp3) is 0. The van der Waals surface area contributed by atoms with Crippen molar-refractivity contribution >= 4 is 51.9 Å². The molecule has 0 aliphatic carbocycles.